The fourth-order valence-corrected chi connectivity index (χ4v) is 1.82. The Morgan fingerprint density at radius 1 is 1.31 bits per heavy atom. The maximum absolute atomic E-state index is 11.5. The molecule has 0 rings (SSSR count). The first kappa shape index (κ1) is 14.8. The van der Waals surface area contributed by atoms with Crippen molar-refractivity contribution in [3.8, 4) is 0 Å². The minimum atomic E-state index is -3.89. The highest BCUT2D eigenvalue weighted by atomic mass is 32.2. The molecule has 0 atom stereocenters. The molecule has 0 unspecified atom stereocenters. The molecule has 94 valence electrons. The van der Waals surface area contributed by atoms with Gasteiger partial charge >= 0.3 is 16.2 Å². The molecule has 1 amide bonds. The number of carbonyl (C=O) groups is 2. The van der Waals surface area contributed by atoms with Gasteiger partial charge in [0.2, 0.25) is 0 Å². The van der Waals surface area contributed by atoms with E-state index in [4.69, 9.17) is 0 Å². The van der Waals surface area contributed by atoms with Gasteiger partial charge in [-0.05, 0) is 13.8 Å². The molecular weight excluding hydrogens is 236 g/mol. The lowest BCUT2D eigenvalue weighted by Crippen LogP contribution is -2.50. The number of amides is 1. The van der Waals surface area contributed by atoms with Crippen LogP contribution in [0, 0.1) is 0 Å². The fourth-order valence-electron chi connectivity index (χ4n) is 0.877. The van der Waals surface area contributed by atoms with E-state index in [1.165, 1.54) is 13.8 Å². The van der Waals surface area contributed by atoms with Crippen LogP contribution in [0.5, 0.6) is 0 Å². The number of nitrogens with one attached hydrogen (secondary N) is 2. The second-order valence-corrected chi connectivity index (χ2v) is 5.04. The minimum absolute atomic E-state index is 0.149. The van der Waals surface area contributed by atoms with E-state index < -0.39 is 27.7 Å². The molecule has 16 heavy (non-hydrogen) atoms. The lowest BCUT2D eigenvalue weighted by atomic mass is 10.1. The third-order valence-electron chi connectivity index (χ3n) is 1.51. The Hall–Kier alpha value is -1.15. The maximum Gasteiger partial charge on any atom is 0.303 e. The molecule has 2 N–H and O–H groups in total. The molecule has 8 heteroatoms. The SMILES string of the molecule is CCNS(=O)(=O)NC(=O)C(C)(C)OC(C)=O. The van der Waals surface area contributed by atoms with Gasteiger partial charge in [0.05, 0.1) is 0 Å². The number of carbonyl (C=O) groups excluding carboxylic acids is 2. The van der Waals surface area contributed by atoms with Crippen molar-refractivity contribution in [3.05, 3.63) is 0 Å². The molecule has 0 spiro atoms. The average molecular weight is 252 g/mol. The Morgan fingerprint density at radius 2 is 1.81 bits per heavy atom. The smallest absolute Gasteiger partial charge is 0.303 e. The van der Waals surface area contributed by atoms with Crippen LogP contribution in [0.4, 0.5) is 0 Å². The highest BCUT2D eigenvalue weighted by Crippen LogP contribution is 2.09. The van der Waals surface area contributed by atoms with Crippen LogP contribution >= 0.6 is 0 Å². The maximum atomic E-state index is 11.5. The molecule has 0 bridgehead atoms. The van der Waals surface area contributed by atoms with Crippen LogP contribution in [0.25, 0.3) is 0 Å². The van der Waals surface area contributed by atoms with Gasteiger partial charge in [0, 0.05) is 13.5 Å². The Morgan fingerprint density at radius 3 is 2.19 bits per heavy atom. The van der Waals surface area contributed by atoms with Crippen LogP contribution in [0.2, 0.25) is 0 Å². The summed E-state index contributed by atoms with van der Waals surface area (Å²) in [7, 11) is -3.89. The molecule has 0 aliphatic carbocycles. The summed E-state index contributed by atoms with van der Waals surface area (Å²) in [4.78, 5) is 22.2. The number of hydrogen-bond acceptors (Lipinski definition) is 5. The normalized spacial score (nSPS) is 12.0. The van der Waals surface area contributed by atoms with Crippen molar-refractivity contribution in [1.82, 2.24) is 9.44 Å². The van der Waals surface area contributed by atoms with Crippen molar-refractivity contribution in [2.45, 2.75) is 33.3 Å². The monoisotopic (exact) mass is 252 g/mol. The van der Waals surface area contributed by atoms with Crippen molar-refractivity contribution in [1.29, 1.82) is 0 Å². The molecule has 0 radical (unpaired) electrons. The van der Waals surface area contributed by atoms with Gasteiger partial charge in [-0.25, -0.2) is 4.72 Å². The van der Waals surface area contributed by atoms with Crippen molar-refractivity contribution >= 4 is 22.1 Å². The topological polar surface area (TPSA) is 102 Å². The Balaban J connectivity index is 4.64. The Kier molecular flexibility index (Phi) is 4.88. The molecule has 0 saturated heterocycles. The average Bonchev–Trinajstić information content (AvgIpc) is 1.99. The first-order valence-corrected chi connectivity index (χ1v) is 6.10. The quantitative estimate of drug-likeness (QED) is 0.630. The lowest BCUT2D eigenvalue weighted by molar-refractivity contribution is -0.162. The molecule has 0 heterocycles. The summed E-state index contributed by atoms with van der Waals surface area (Å²) in [5.41, 5.74) is -1.53. The molecule has 0 aromatic rings. The number of esters is 1. The third kappa shape index (κ3) is 5.08. The molecule has 0 aliphatic heterocycles. The van der Waals surface area contributed by atoms with E-state index >= 15 is 0 Å². The van der Waals surface area contributed by atoms with Crippen LogP contribution in [0.1, 0.15) is 27.7 Å². The summed E-state index contributed by atoms with van der Waals surface area (Å²) in [6, 6.07) is 0. The zero-order valence-corrected chi connectivity index (χ0v) is 10.5. The Bertz CT molecular complexity index is 374. The van der Waals surface area contributed by atoms with E-state index in [2.05, 4.69) is 9.46 Å². The third-order valence-corrected chi connectivity index (χ3v) is 2.63. The van der Waals surface area contributed by atoms with E-state index in [-0.39, 0.29) is 6.54 Å². The molecule has 0 aromatic heterocycles. The number of hydrogen-bond donors (Lipinski definition) is 2. The van der Waals surface area contributed by atoms with Crippen LogP contribution in [0.15, 0.2) is 0 Å². The lowest BCUT2D eigenvalue weighted by Gasteiger charge is -2.22. The Labute approximate surface area is 94.7 Å². The molecule has 0 fully saturated rings. The summed E-state index contributed by atoms with van der Waals surface area (Å²) in [5.74, 6) is -1.58. The van der Waals surface area contributed by atoms with Crippen molar-refractivity contribution in [2.24, 2.45) is 0 Å². The van der Waals surface area contributed by atoms with Gasteiger partial charge in [0.25, 0.3) is 5.91 Å². The van der Waals surface area contributed by atoms with E-state index in [1.807, 2.05) is 0 Å². The second kappa shape index (κ2) is 5.26. The van der Waals surface area contributed by atoms with Gasteiger partial charge in [-0.2, -0.15) is 13.1 Å². The van der Waals surface area contributed by atoms with Gasteiger partial charge in [-0.15, -0.1) is 0 Å². The summed E-state index contributed by atoms with van der Waals surface area (Å²) in [6.07, 6.45) is 0. The zero-order chi connectivity index (χ0) is 13.0. The van der Waals surface area contributed by atoms with E-state index in [0.717, 1.165) is 6.92 Å². The van der Waals surface area contributed by atoms with Crippen LogP contribution in [-0.4, -0.2) is 32.4 Å². The first-order chi connectivity index (χ1) is 7.10. The molecule has 0 aliphatic rings. The number of rotatable bonds is 5. The van der Waals surface area contributed by atoms with Crippen LogP contribution < -0.4 is 9.44 Å². The van der Waals surface area contributed by atoms with Crippen molar-refractivity contribution in [3.63, 3.8) is 0 Å². The van der Waals surface area contributed by atoms with Crippen molar-refractivity contribution < 1.29 is 22.7 Å². The summed E-state index contributed by atoms with van der Waals surface area (Å²) >= 11 is 0. The van der Waals surface area contributed by atoms with Gasteiger partial charge in [0.15, 0.2) is 5.60 Å². The summed E-state index contributed by atoms with van der Waals surface area (Å²) < 4.78 is 30.9. The largest absolute Gasteiger partial charge is 0.450 e. The van der Waals surface area contributed by atoms with Crippen LogP contribution in [-0.2, 0) is 24.5 Å². The van der Waals surface area contributed by atoms with Crippen molar-refractivity contribution in [2.75, 3.05) is 6.54 Å². The standard InChI is InChI=1S/C8H16N2O5S/c1-5-9-16(13,14)10-7(12)8(3,4)15-6(2)11/h9H,5H2,1-4H3,(H,10,12). The molecule has 0 aromatic carbocycles. The van der Waals surface area contributed by atoms with Gasteiger partial charge < -0.3 is 4.74 Å². The van der Waals surface area contributed by atoms with E-state index in [0.29, 0.717) is 0 Å². The fraction of sp³-hybridized carbons (Fsp3) is 0.750. The predicted octanol–water partition coefficient (Wildman–Crippen LogP) is -0.701. The molecular formula is C8H16N2O5S. The summed E-state index contributed by atoms with van der Waals surface area (Å²) in [6.45, 7) is 5.45. The second-order valence-electron chi connectivity index (χ2n) is 3.54. The molecule has 0 saturated carbocycles. The minimum Gasteiger partial charge on any atom is -0.450 e. The first-order valence-electron chi connectivity index (χ1n) is 4.62. The van der Waals surface area contributed by atoms with Gasteiger partial charge in [-0.1, -0.05) is 6.92 Å². The number of ether oxygens (including phenoxy) is 1. The predicted molar refractivity (Wildman–Crippen MR) is 56.6 cm³/mol. The highest BCUT2D eigenvalue weighted by Gasteiger charge is 2.33. The highest BCUT2D eigenvalue weighted by molar-refractivity contribution is 7.88. The summed E-state index contributed by atoms with van der Waals surface area (Å²) in [5, 5.41) is 0. The van der Waals surface area contributed by atoms with E-state index in [1.54, 1.807) is 11.6 Å². The zero-order valence-electron chi connectivity index (χ0n) is 9.66. The van der Waals surface area contributed by atoms with Gasteiger partial charge in [-0.3, -0.25) is 9.59 Å². The van der Waals surface area contributed by atoms with Crippen LogP contribution in [0.3, 0.4) is 0 Å². The van der Waals surface area contributed by atoms with E-state index in [9.17, 15) is 18.0 Å². The van der Waals surface area contributed by atoms with Gasteiger partial charge in [0.1, 0.15) is 0 Å². The molecule has 7 nitrogen and oxygen atoms in total.